The Morgan fingerprint density at radius 3 is 1.88 bits per heavy atom. The van der Waals surface area contributed by atoms with Gasteiger partial charge in [0.15, 0.2) is 8.32 Å². The van der Waals surface area contributed by atoms with E-state index in [0.717, 1.165) is 32.6 Å². The normalized spacial score (nSPS) is 28.1. The van der Waals surface area contributed by atoms with Crippen LogP contribution in [-0.4, -0.2) is 61.3 Å². The highest BCUT2D eigenvalue weighted by atomic mass is 28.4. The molecule has 0 bridgehead atoms. The first kappa shape index (κ1) is 30.5. The van der Waals surface area contributed by atoms with E-state index in [9.17, 15) is 0 Å². The lowest BCUT2D eigenvalue weighted by Crippen LogP contribution is -2.73. The van der Waals surface area contributed by atoms with Crippen LogP contribution in [0.15, 0.2) is 0 Å². The molecule has 0 aromatic heterocycles. The Kier molecular flexibility index (Phi) is 11.4. The maximum atomic E-state index is 7.38. The van der Waals surface area contributed by atoms with Crippen molar-refractivity contribution in [1.82, 2.24) is 10.6 Å². The van der Waals surface area contributed by atoms with Crippen LogP contribution in [0, 0.1) is 11.8 Å². The summed E-state index contributed by atoms with van der Waals surface area (Å²) in [6.45, 7) is 33.1. The summed E-state index contributed by atoms with van der Waals surface area (Å²) in [6, 6.07) is 3.77. The van der Waals surface area contributed by atoms with Gasteiger partial charge in [0.2, 0.25) is 8.32 Å². The Balaban J connectivity index is 2.93. The average Bonchev–Trinajstić information content (AvgIpc) is 2.68. The van der Waals surface area contributed by atoms with E-state index in [-0.39, 0.29) is 10.4 Å². The summed E-state index contributed by atoms with van der Waals surface area (Å²) in [5.41, 5.74) is 0. The zero-order valence-electron chi connectivity index (χ0n) is 23.8. The summed E-state index contributed by atoms with van der Waals surface area (Å²) >= 11 is 0. The van der Waals surface area contributed by atoms with Gasteiger partial charge in [0, 0.05) is 5.22 Å². The van der Waals surface area contributed by atoms with Crippen molar-refractivity contribution in [2.45, 2.75) is 123 Å². The van der Waals surface area contributed by atoms with Gasteiger partial charge in [0.25, 0.3) is 0 Å². The summed E-state index contributed by atoms with van der Waals surface area (Å²) < 4.78 is 14.5. The van der Waals surface area contributed by atoms with Crippen LogP contribution < -0.4 is 10.6 Å². The minimum Gasteiger partial charge on any atom is -0.412 e. The molecule has 0 spiro atoms. The van der Waals surface area contributed by atoms with Gasteiger partial charge in [-0.1, -0.05) is 53.8 Å². The van der Waals surface area contributed by atoms with Crippen LogP contribution in [0.3, 0.4) is 0 Å². The van der Waals surface area contributed by atoms with Gasteiger partial charge in [-0.2, -0.15) is 0 Å². The highest BCUT2D eigenvalue weighted by Gasteiger charge is 2.62. The fourth-order valence-electron chi connectivity index (χ4n) is 5.84. The van der Waals surface area contributed by atoms with Gasteiger partial charge in [-0.3, -0.25) is 0 Å². The Labute approximate surface area is 204 Å². The monoisotopic (exact) mass is 502 g/mol. The second-order valence-corrected chi connectivity index (χ2v) is 26.2. The third-order valence-corrected chi connectivity index (χ3v) is 21.3. The molecule has 32 heavy (non-hydrogen) atoms. The minimum atomic E-state index is -1.96. The van der Waals surface area contributed by atoms with E-state index in [4.69, 9.17) is 8.85 Å². The van der Waals surface area contributed by atoms with Gasteiger partial charge in [-0.15, -0.1) is 0 Å². The van der Waals surface area contributed by atoms with Crippen LogP contribution >= 0.6 is 0 Å². The smallest absolute Gasteiger partial charge is 0.219 e. The molecule has 1 aliphatic heterocycles. The SMILES string of the molecule is CCNCC(C)C[Si](C)(C)OC1(C)CC[Si]1(C)OC(C)(CC)[Si](C)(C)CC(C)CNCC. The first-order valence-electron chi connectivity index (χ1n) is 13.4. The molecule has 7 heteroatoms. The first-order chi connectivity index (χ1) is 14.6. The number of hydrogen-bond acceptors (Lipinski definition) is 4. The third-order valence-electron chi connectivity index (χ3n) is 8.44. The highest BCUT2D eigenvalue weighted by molar-refractivity contribution is 6.84. The van der Waals surface area contributed by atoms with Crippen LogP contribution in [-0.2, 0) is 8.85 Å². The molecule has 5 unspecified atom stereocenters. The number of nitrogens with one attached hydrogen (secondary N) is 2. The Morgan fingerprint density at radius 1 is 0.969 bits per heavy atom. The molecule has 0 radical (unpaired) electrons. The van der Waals surface area contributed by atoms with Gasteiger partial charge in [0.1, 0.15) is 0 Å². The molecule has 1 heterocycles. The van der Waals surface area contributed by atoms with Crippen molar-refractivity contribution < 1.29 is 8.85 Å². The van der Waals surface area contributed by atoms with Crippen molar-refractivity contribution in [1.29, 1.82) is 0 Å². The van der Waals surface area contributed by atoms with Gasteiger partial charge in [-0.25, -0.2) is 0 Å². The lowest BCUT2D eigenvalue weighted by atomic mass is 10.2. The fraction of sp³-hybridized carbons (Fsp3) is 1.00. The molecule has 5 atom stereocenters. The first-order valence-corrected chi connectivity index (χ1v) is 22.3. The maximum absolute atomic E-state index is 7.38. The average molecular weight is 503 g/mol. The molecular formula is C25H58N2O2Si3. The van der Waals surface area contributed by atoms with E-state index < -0.39 is 24.7 Å². The predicted molar refractivity (Wildman–Crippen MR) is 150 cm³/mol. The Bertz CT molecular complexity index is 577. The quantitative estimate of drug-likeness (QED) is 0.239. The molecule has 1 rings (SSSR count). The maximum Gasteiger partial charge on any atom is 0.219 e. The van der Waals surface area contributed by atoms with Crippen LogP contribution in [0.4, 0.5) is 0 Å². The van der Waals surface area contributed by atoms with Crippen LogP contribution in [0.2, 0.25) is 50.9 Å². The molecule has 0 aromatic carbocycles. The molecule has 1 saturated heterocycles. The molecular weight excluding hydrogens is 445 g/mol. The molecule has 4 nitrogen and oxygen atoms in total. The highest BCUT2D eigenvalue weighted by Crippen LogP contribution is 2.50. The van der Waals surface area contributed by atoms with E-state index >= 15 is 0 Å². The fourth-order valence-corrected chi connectivity index (χ4v) is 18.9. The zero-order chi connectivity index (χ0) is 24.8. The number of hydrogen-bond donors (Lipinski definition) is 2. The zero-order valence-corrected chi connectivity index (χ0v) is 26.8. The van der Waals surface area contributed by atoms with Crippen LogP contribution in [0.5, 0.6) is 0 Å². The van der Waals surface area contributed by atoms with Gasteiger partial charge in [0.05, 0.1) is 13.3 Å². The second kappa shape index (κ2) is 12.0. The van der Waals surface area contributed by atoms with E-state index in [0.29, 0.717) is 11.8 Å². The minimum absolute atomic E-state index is 0.0174. The summed E-state index contributed by atoms with van der Waals surface area (Å²) in [5.74, 6) is 1.37. The van der Waals surface area contributed by atoms with Crippen molar-refractivity contribution in [3.05, 3.63) is 0 Å². The second-order valence-electron chi connectivity index (χ2n) is 12.6. The van der Waals surface area contributed by atoms with Crippen molar-refractivity contribution >= 4 is 24.7 Å². The molecule has 1 fully saturated rings. The molecule has 2 N–H and O–H groups in total. The van der Waals surface area contributed by atoms with Crippen molar-refractivity contribution in [2.24, 2.45) is 11.8 Å². The van der Waals surface area contributed by atoms with Gasteiger partial charge in [-0.05, 0) is 96.4 Å². The predicted octanol–water partition coefficient (Wildman–Crippen LogP) is 6.41. The Morgan fingerprint density at radius 2 is 1.47 bits per heavy atom. The molecule has 0 amide bonds. The van der Waals surface area contributed by atoms with Crippen LogP contribution in [0.1, 0.15) is 61.3 Å². The summed E-state index contributed by atoms with van der Waals surface area (Å²) in [7, 11) is -5.33. The lowest BCUT2D eigenvalue weighted by molar-refractivity contribution is 0.0442. The van der Waals surface area contributed by atoms with E-state index in [2.05, 4.69) is 91.8 Å². The van der Waals surface area contributed by atoms with E-state index in [1.165, 1.54) is 24.6 Å². The molecule has 0 aliphatic carbocycles. The van der Waals surface area contributed by atoms with Gasteiger partial charge >= 0.3 is 0 Å². The third kappa shape index (κ3) is 7.75. The summed E-state index contributed by atoms with van der Waals surface area (Å²) in [4.78, 5) is 0. The molecule has 1 aliphatic rings. The lowest BCUT2D eigenvalue weighted by Gasteiger charge is -2.60. The van der Waals surface area contributed by atoms with Crippen molar-refractivity contribution in [3.8, 4) is 0 Å². The van der Waals surface area contributed by atoms with Crippen molar-refractivity contribution in [2.75, 3.05) is 26.2 Å². The van der Waals surface area contributed by atoms with Gasteiger partial charge < -0.3 is 19.5 Å². The van der Waals surface area contributed by atoms with Crippen LogP contribution in [0.25, 0.3) is 0 Å². The topological polar surface area (TPSA) is 42.5 Å². The Hall–Kier alpha value is 0.491. The summed E-state index contributed by atoms with van der Waals surface area (Å²) in [5, 5.41) is 7.05. The largest absolute Gasteiger partial charge is 0.412 e. The van der Waals surface area contributed by atoms with E-state index in [1.54, 1.807) is 0 Å². The summed E-state index contributed by atoms with van der Waals surface area (Å²) in [6.07, 6.45) is 2.28. The molecule has 192 valence electrons. The molecule has 0 saturated carbocycles. The number of rotatable bonds is 16. The van der Waals surface area contributed by atoms with Crippen molar-refractivity contribution in [3.63, 3.8) is 0 Å². The van der Waals surface area contributed by atoms with E-state index in [1.807, 2.05) is 0 Å². The standard InChI is InChI=1S/C25H58N2O2Si3/c1-13-24(6,30(8,9)20-22(4)18-26-14-2)29-32(12)17-16-25(32,7)28-31(10,11)21-23(5)19-27-15-3/h22-23,26-27H,13-21H2,1-12H3. The molecule has 0 aromatic rings.